The first-order valence-electron chi connectivity index (χ1n) is 8.39. The Hall–Kier alpha value is -2.42. The molecule has 7 nitrogen and oxygen atoms in total. The van der Waals surface area contributed by atoms with Gasteiger partial charge >= 0.3 is 0 Å². The van der Waals surface area contributed by atoms with Gasteiger partial charge in [0.15, 0.2) is 0 Å². The van der Waals surface area contributed by atoms with Crippen molar-refractivity contribution in [1.82, 2.24) is 19.7 Å². The number of nitrogens with zero attached hydrogens (tertiary/aromatic N) is 4. The normalized spacial score (nSPS) is 12.5. The van der Waals surface area contributed by atoms with Crippen molar-refractivity contribution in [3.05, 3.63) is 30.6 Å². The number of nitrogens with two attached hydrogens (primary N) is 1. The molecule has 0 bridgehead atoms. The maximum Gasteiger partial charge on any atom is 0.238 e. The van der Waals surface area contributed by atoms with Crippen LogP contribution in [-0.2, 0) is 11.3 Å². The maximum atomic E-state index is 11.8. The van der Waals surface area contributed by atoms with E-state index in [1.807, 2.05) is 43.2 Å². The summed E-state index contributed by atoms with van der Waals surface area (Å²) in [5, 5.41) is 8.86. The summed E-state index contributed by atoms with van der Waals surface area (Å²) in [6, 6.07) is 5.94. The molecule has 3 N–H and O–H groups in total. The summed E-state index contributed by atoms with van der Waals surface area (Å²) in [4.78, 5) is 20.2. The van der Waals surface area contributed by atoms with Gasteiger partial charge in [0.1, 0.15) is 5.69 Å². The summed E-state index contributed by atoms with van der Waals surface area (Å²) in [7, 11) is 4.10. The van der Waals surface area contributed by atoms with Crippen LogP contribution in [0.1, 0.15) is 0 Å². The van der Waals surface area contributed by atoms with Crippen LogP contribution in [0.4, 0.5) is 5.69 Å². The maximum absolute atomic E-state index is 11.8. The zero-order valence-electron chi connectivity index (χ0n) is 14.7. The molecular weight excluding hydrogens is 348 g/mol. The number of carbonyl (C=O) groups excluding carboxylic acids is 1. The van der Waals surface area contributed by atoms with Crippen LogP contribution in [0, 0.1) is 0 Å². The Kier molecular flexibility index (Phi) is 4.39. The molecule has 0 fully saturated rings. The molecule has 1 amide bonds. The van der Waals surface area contributed by atoms with Crippen molar-refractivity contribution in [3.8, 4) is 11.3 Å². The third-order valence-corrected chi connectivity index (χ3v) is 5.51. The highest BCUT2D eigenvalue weighted by atomic mass is 32.2. The molecule has 0 saturated carbocycles. The molecule has 0 aliphatic carbocycles. The van der Waals surface area contributed by atoms with Crippen molar-refractivity contribution in [2.24, 2.45) is 5.73 Å². The number of hydrogen-bond acceptors (Lipinski definition) is 6. The SMILES string of the molecule is CN(C)CCn1nc2c3c(c(NC(=O)CN)ccc31)Sc1cnccc1-2. The van der Waals surface area contributed by atoms with Gasteiger partial charge in [-0.05, 0) is 32.3 Å². The summed E-state index contributed by atoms with van der Waals surface area (Å²) in [5.74, 6) is -0.209. The lowest BCUT2D eigenvalue weighted by molar-refractivity contribution is -0.114. The Morgan fingerprint density at radius 2 is 2.19 bits per heavy atom. The zero-order valence-corrected chi connectivity index (χ0v) is 15.5. The third kappa shape index (κ3) is 2.86. The number of hydrogen-bond donors (Lipinski definition) is 2. The lowest BCUT2D eigenvalue weighted by Crippen LogP contribution is -2.22. The molecule has 3 aromatic rings. The Morgan fingerprint density at radius 1 is 1.35 bits per heavy atom. The van der Waals surface area contributed by atoms with Gasteiger partial charge in [-0.3, -0.25) is 14.5 Å². The van der Waals surface area contributed by atoms with Gasteiger partial charge in [0.05, 0.1) is 24.3 Å². The number of likely N-dealkylation sites (N-methyl/N-ethyl adjacent to an activating group) is 1. The lowest BCUT2D eigenvalue weighted by atomic mass is 10.1. The van der Waals surface area contributed by atoms with Crippen molar-refractivity contribution in [3.63, 3.8) is 0 Å². The number of carbonyl (C=O) groups is 1. The first-order chi connectivity index (χ1) is 12.6. The minimum atomic E-state index is -0.209. The van der Waals surface area contributed by atoms with Crippen LogP contribution in [0.2, 0.25) is 0 Å². The molecule has 26 heavy (non-hydrogen) atoms. The quantitative estimate of drug-likeness (QED) is 0.560. The molecule has 134 valence electrons. The van der Waals surface area contributed by atoms with E-state index in [1.54, 1.807) is 18.0 Å². The van der Waals surface area contributed by atoms with E-state index in [2.05, 4.69) is 15.2 Å². The molecule has 0 saturated heterocycles. The van der Waals surface area contributed by atoms with Crippen molar-refractivity contribution in [1.29, 1.82) is 0 Å². The van der Waals surface area contributed by atoms with E-state index in [4.69, 9.17) is 10.8 Å². The number of amides is 1. The Balaban J connectivity index is 1.91. The van der Waals surface area contributed by atoms with E-state index in [1.165, 1.54) is 0 Å². The highest BCUT2D eigenvalue weighted by Gasteiger charge is 2.26. The largest absolute Gasteiger partial charge is 0.324 e. The predicted octanol–water partition coefficient (Wildman–Crippen LogP) is 2.02. The van der Waals surface area contributed by atoms with E-state index >= 15 is 0 Å². The highest BCUT2D eigenvalue weighted by molar-refractivity contribution is 8.00. The molecule has 4 rings (SSSR count). The molecule has 0 unspecified atom stereocenters. The smallest absolute Gasteiger partial charge is 0.238 e. The van der Waals surface area contributed by atoms with E-state index in [0.717, 1.165) is 50.7 Å². The molecule has 0 radical (unpaired) electrons. The summed E-state index contributed by atoms with van der Waals surface area (Å²) >= 11 is 1.61. The monoisotopic (exact) mass is 368 g/mol. The number of rotatable bonds is 5. The topological polar surface area (TPSA) is 89.1 Å². The van der Waals surface area contributed by atoms with Crippen molar-refractivity contribution >= 4 is 34.3 Å². The van der Waals surface area contributed by atoms with Crippen LogP contribution in [0.5, 0.6) is 0 Å². The third-order valence-electron chi connectivity index (χ3n) is 4.34. The highest BCUT2D eigenvalue weighted by Crippen LogP contribution is 2.50. The predicted molar refractivity (Wildman–Crippen MR) is 103 cm³/mol. The lowest BCUT2D eigenvalue weighted by Gasteiger charge is -2.18. The average Bonchev–Trinajstić information content (AvgIpc) is 3.02. The van der Waals surface area contributed by atoms with Gasteiger partial charge < -0.3 is 16.0 Å². The first-order valence-corrected chi connectivity index (χ1v) is 9.20. The van der Waals surface area contributed by atoms with Crippen LogP contribution in [0.3, 0.4) is 0 Å². The second kappa shape index (κ2) is 6.71. The second-order valence-corrected chi connectivity index (χ2v) is 7.49. The molecule has 1 aliphatic rings. The summed E-state index contributed by atoms with van der Waals surface area (Å²) < 4.78 is 2.04. The molecule has 2 aromatic heterocycles. The fraction of sp³-hybridized carbons (Fsp3) is 0.278. The van der Waals surface area contributed by atoms with Crippen LogP contribution in [0.15, 0.2) is 40.4 Å². The van der Waals surface area contributed by atoms with Gasteiger partial charge in [-0.15, -0.1) is 0 Å². The average molecular weight is 368 g/mol. The number of aromatic nitrogens is 3. The van der Waals surface area contributed by atoms with Gasteiger partial charge in [-0.1, -0.05) is 11.8 Å². The number of pyridine rings is 1. The van der Waals surface area contributed by atoms with Crippen LogP contribution in [0.25, 0.3) is 22.2 Å². The van der Waals surface area contributed by atoms with Crippen molar-refractivity contribution in [2.75, 3.05) is 32.5 Å². The molecular formula is C18H20N6OS. The Labute approximate surface area is 155 Å². The number of benzene rings is 1. The number of anilines is 1. The number of fused-ring (bicyclic) bond motifs is 2. The minimum Gasteiger partial charge on any atom is -0.324 e. The summed E-state index contributed by atoms with van der Waals surface area (Å²) in [5.41, 5.74) is 9.31. The van der Waals surface area contributed by atoms with Gasteiger partial charge in [-0.25, -0.2) is 0 Å². The standard InChI is InChI=1S/C18H20N6OS/c1-23(2)7-8-24-13-4-3-12(21-15(25)9-19)18-16(13)17(22-24)11-5-6-20-10-14(11)26-18/h3-6,10H,7-9,19H2,1-2H3,(H,21,25). The van der Waals surface area contributed by atoms with E-state index in [-0.39, 0.29) is 12.5 Å². The van der Waals surface area contributed by atoms with Gasteiger partial charge in [0.25, 0.3) is 0 Å². The molecule has 1 aromatic carbocycles. The fourth-order valence-corrected chi connectivity index (χ4v) is 4.21. The molecule has 0 spiro atoms. The van der Waals surface area contributed by atoms with E-state index in [9.17, 15) is 4.79 Å². The molecule has 3 heterocycles. The zero-order chi connectivity index (χ0) is 18.3. The van der Waals surface area contributed by atoms with E-state index in [0.29, 0.717) is 0 Å². The molecule has 8 heteroatoms. The fourth-order valence-electron chi connectivity index (χ4n) is 3.07. The second-order valence-electron chi connectivity index (χ2n) is 6.44. The van der Waals surface area contributed by atoms with Gasteiger partial charge in [-0.2, -0.15) is 5.10 Å². The molecule has 0 atom stereocenters. The Morgan fingerprint density at radius 3 is 2.96 bits per heavy atom. The summed E-state index contributed by atoms with van der Waals surface area (Å²) in [6.07, 6.45) is 3.63. The Bertz CT molecular complexity index is 997. The minimum absolute atomic E-state index is 0.0464. The van der Waals surface area contributed by atoms with Gasteiger partial charge in [0.2, 0.25) is 5.91 Å². The number of nitrogens with one attached hydrogen (secondary N) is 1. The van der Waals surface area contributed by atoms with Crippen molar-refractivity contribution < 1.29 is 4.79 Å². The van der Waals surface area contributed by atoms with Gasteiger partial charge in [0, 0.05) is 39.7 Å². The van der Waals surface area contributed by atoms with Crippen LogP contribution < -0.4 is 11.1 Å². The first kappa shape index (κ1) is 17.0. The van der Waals surface area contributed by atoms with Crippen LogP contribution in [-0.4, -0.2) is 52.8 Å². The van der Waals surface area contributed by atoms with E-state index < -0.39 is 0 Å². The van der Waals surface area contributed by atoms with Crippen LogP contribution >= 0.6 is 11.8 Å². The molecule has 1 aliphatic heterocycles. The summed E-state index contributed by atoms with van der Waals surface area (Å²) in [6.45, 7) is 1.64. The van der Waals surface area contributed by atoms with Crippen molar-refractivity contribution in [2.45, 2.75) is 16.3 Å².